The predicted molar refractivity (Wildman–Crippen MR) is 109 cm³/mol. The summed E-state index contributed by atoms with van der Waals surface area (Å²) < 4.78 is 5.78. The SMILES string of the molecule is O=C(Nc1cnccc1N1CCNCC1)c1n[nH]c(-c2cc3ccccc3o2)n1. The Balaban J connectivity index is 1.37. The van der Waals surface area contributed by atoms with Crippen molar-refractivity contribution in [3.05, 3.63) is 54.6 Å². The molecule has 9 heteroatoms. The summed E-state index contributed by atoms with van der Waals surface area (Å²) in [5.41, 5.74) is 2.32. The number of hydrogen-bond acceptors (Lipinski definition) is 7. The summed E-state index contributed by atoms with van der Waals surface area (Å²) in [6.45, 7) is 3.53. The number of H-pyrrole nitrogens is 1. The van der Waals surface area contributed by atoms with E-state index in [0.717, 1.165) is 42.8 Å². The minimum absolute atomic E-state index is 0.0376. The molecule has 0 bridgehead atoms. The molecule has 0 saturated carbocycles. The third-order valence-corrected chi connectivity index (χ3v) is 4.85. The van der Waals surface area contributed by atoms with Gasteiger partial charge in [0.2, 0.25) is 5.82 Å². The Morgan fingerprint density at radius 2 is 2.03 bits per heavy atom. The number of pyridine rings is 1. The molecule has 3 N–H and O–H groups in total. The van der Waals surface area contributed by atoms with Crippen molar-refractivity contribution >= 4 is 28.3 Å². The number of nitrogens with zero attached hydrogens (tertiary/aromatic N) is 4. The van der Waals surface area contributed by atoms with E-state index in [4.69, 9.17) is 4.42 Å². The van der Waals surface area contributed by atoms with E-state index in [2.05, 4.69) is 35.7 Å². The summed E-state index contributed by atoms with van der Waals surface area (Å²) in [7, 11) is 0. The zero-order valence-corrected chi connectivity index (χ0v) is 15.6. The molecule has 9 nitrogen and oxygen atoms in total. The van der Waals surface area contributed by atoms with Crippen molar-refractivity contribution in [2.24, 2.45) is 0 Å². The van der Waals surface area contributed by atoms with Gasteiger partial charge in [0.25, 0.3) is 5.91 Å². The summed E-state index contributed by atoms with van der Waals surface area (Å²) in [4.78, 5) is 23.4. The summed E-state index contributed by atoms with van der Waals surface area (Å²) >= 11 is 0. The number of nitrogens with one attached hydrogen (secondary N) is 3. The van der Waals surface area contributed by atoms with Crippen LogP contribution in [0.4, 0.5) is 11.4 Å². The fourth-order valence-electron chi connectivity index (χ4n) is 3.42. The number of aromatic amines is 1. The number of amides is 1. The van der Waals surface area contributed by atoms with Gasteiger partial charge in [0.15, 0.2) is 11.6 Å². The molecule has 5 rings (SSSR count). The minimum Gasteiger partial charge on any atom is -0.453 e. The highest BCUT2D eigenvalue weighted by molar-refractivity contribution is 6.03. The number of benzene rings is 1. The van der Waals surface area contributed by atoms with E-state index in [0.29, 0.717) is 17.3 Å². The zero-order valence-electron chi connectivity index (χ0n) is 15.6. The zero-order chi connectivity index (χ0) is 19.6. The van der Waals surface area contributed by atoms with Crippen LogP contribution in [-0.4, -0.2) is 52.3 Å². The van der Waals surface area contributed by atoms with Crippen molar-refractivity contribution in [1.29, 1.82) is 0 Å². The number of hydrogen-bond donors (Lipinski definition) is 3. The van der Waals surface area contributed by atoms with Crippen LogP contribution >= 0.6 is 0 Å². The molecule has 1 aliphatic heterocycles. The number of rotatable bonds is 4. The van der Waals surface area contributed by atoms with Crippen LogP contribution in [-0.2, 0) is 0 Å². The summed E-state index contributed by atoms with van der Waals surface area (Å²) in [6.07, 6.45) is 3.36. The Kier molecular flexibility index (Phi) is 4.41. The van der Waals surface area contributed by atoms with E-state index in [9.17, 15) is 4.79 Å². The van der Waals surface area contributed by atoms with Gasteiger partial charge in [-0.2, -0.15) is 4.98 Å². The van der Waals surface area contributed by atoms with E-state index in [1.165, 1.54) is 0 Å². The smallest absolute Gasteiger partial charge is 0.295 e. The first-order valence-electron chi connectivity index (χ1n) is 9.40. The monoisotopic (exact) mass is 389 g/mol. The number of para-hydroxylation sites is 1. The Labute approximate surface area is 166 Å². The van der Waals surface area contributed by atoms with Crippen LogP contribution < -0.4 is 15.5 Å². The number of anilines is 2. The van der Waals surface area contributed by atoms with Gasteiger partial charge in [-0.3, -0.25) is 14.9 Å². The van der Waals surface area contributed by atoms with Crippen LogP contribution in [0.25, 0.3) is 22.6 Å². The normalized spacial score (nSPS) is 14.3. The lowest BCUT2D eigenvalue weighted by molar-refractivity contribution is 0.101. The van der Waals surface area contributed by atoms with E-state index < -0.39 is 5.91 Å². The van der Waals surface area contributed by atoms with Crippen LogP contribution in [0.2, 0.25) is 0 Å². The van der Waals surface area contributed by atoms with Gasteiger partial charge in [0.05, 0.1) is 17.6 Å². The van der Waals surface area contributed by atoms with Gasteiger partial charge in [-0.15, -0.1) is 5.10 Å². The van der Waals surface area contributed by atoms with Crippen LogP contribution in [0.5, 0.6) is 0 Å². The van der Waals surface area contributed by atoms with Gasteiger partial charge < -0.3 is 20.0 Å². The van der Waals surface area contributed by atoms with Crippen LogP contribution in [0.3, 0.4) is 0 Å². The van der Waals surface area contributed by atoms with Gasteiger partial charge in [-0.25, -0.2) is 0 Å². The van der Waals surface area contributed by atoms with Crippen LogP contribution in [0.15, 0.2) is 53.2 Å². The third-order valence-electron chi connectivity index (χ3n) is 4.85. The van der Waals surface area contributed by atoms with Gasteiger partial charge in [0.1, 0.15) is 5.58 Å². The van der Waals surface area contributed by atoms with Crippen molar-refractivity contribution in [2.75, 3.05) is 36.4 Å². The van der Waals surface area contributed by atoms with E-state index in [-0.39, 0.29) is 5.82 Å². The van der Waals surface area contributed by atoms with Crippen molar-refractivity contribution in [3.8, 4) is 11.6 Å². The second-order valence-electron chi connectivity index (χ2n) is 6.74. The van der Waals surface area contributed by atoms with Crippen LogP contribution in [0, 0.1) is 0 Å². The highest BCUT2D eigenvalue weighted by Gasteiger charge is 2.19. The van der Waals surface area contributed by atoms with Gasteiger partial charge >= 0.3 is 0 Å². The molecule has 3 aromatic heterocycles. The number of fused-ring (bicyclic) bond motifs is 1. The molecule has 0 aliphatic carbocycles. The summed E-state index contributed by atoms with van der Waals surface area (Å²) in [6, 6.07) is 11.4. The second kappa shape index (κ2) is 7.36. The lowest BCUT2D eigenvalue weighted by Gasteiger charge is -2.30. The summed E-state index contributed by atoms with van der Waals surface area (Å²) in [5, 5.41) is 14.0. The molecule has 29 heavy (non-hydrogen) atoms. The molecule has 0 spiro atoms. The number of furan rings is 1. The van der Waals surface area contributed by atoms with Crippen molar-refractivity contribution in [1.82, 2.24) is 25.5 Å². The van der Waals surface area contributed by atoms with Gasteiger partial charge in [0, 0.05) is 37.8 Å². The highest BCUT2D eigenvalue weighted by Crippen LogP contribution is 2.27. The fourth-order valence-corrected chi connectivity index (χ4v) is 3.42. The van der Waals surface area contributed by atoms with Gasteiger partial charge in [-0.05, 0) is 18.2 Å². The van der Waals surface area contributed by atoms with Crippen molar-refractivity contribution < 1.29 is 9.21 Å². The fraction of sp³-hybridized carbons (Fsp3) is 0.200. The molecule has 1 aliphatic rings. The Morgan fingerprint density at radius 3 is 2.90 bits per heavy atom. The van der Waals surface area contributed by atoms with E-state index in [1.807, 2.05) is 36.4 Å². The Morgan fingerprint density at radius 1 is 1.17 bits per heavy atom. The maximum Gasteiger partial charge on any atom is 0.295 e. The predicted octanol–water partition coefficient (Wildman–Crippen LogP) is 2.27. The minimum atomic E-state index is -0.409. The standard InChI is InChI=1S/C20H19N7O2/c28-20(23-14-12-22-6-5-15(14)27-9-7-21-8-10-27)19-24-18(25-26-19)17-11-13-3-1-2-4-16(13)29-17/h1-6,11-12,21H,7-10H2,(H,23,28)(H,24,25,26). The topological polar surface area (TPSA) is 112 Å². The maximum atomic E-state index is 12.7. The maximum absolute atomic E-state index is 12.7. The molecule has 0 atom stereocenters. The lowest BCUT2D eigenvalue weighted by atomic mass is 10.2. The third kappa shape index (κ3) is 3.43. The van der Waals surface area contributed by atoms with Crippen molar-refractivity contribution in [2.45, 2.75) is 0 Å². The largest absolute Gasteiger partial charge is 0.453 e. The Bertz CT molecular complexity index is 1130. The molecule has 0 radical (unpaired) electrons. The molecule has 0 unspecified atom stereocenters. The molecular weight excluding hydrogens is 370 g/mol. The first-order chi connectivity index (χ1) is 14.3. The molecule has 1 saturated heterocycles. The quantitative estimate of drug-likeness (QED) is 0.491. The average Bonchev–Trinajstić information content (AvgIpc) is 3.42. The number of carbonyl (C=O) groups excluding carboxylic acids is 1. The highest BCUT2D eigenvalue weighted by atomic mass is 16.3. The first kappa shape index (κ1) is 17.4. The lowest BCUT2D eigenvalue weighted by Crippen LogP contribution is -2.43. The number of aromatic nitrogens is 4. The number of carbonyl (C=O) groups is 1. The molecule has 1 aromatic carbocycles. The van der Waals surface area contributed by atoms with E-state index >= 15 is 0 Å². The molecule has 4 heterocycles. The molecule has 4 aromatic rings. The number of piperazine rings is 1. The van der Waals surface area contributed by atoms with Gasteiger partial charge in [-0.1, -0.05) is 18.2 Å². The second-order valence-corrected chi connectivity index (χ2v) is 6.74. The van der Waals surface area contributed by atoms with E-state index in [1.54, 1.807) is 12.4 Å². The summed E-state index contributed by atoms with van der Waals surface area (Å²) in [5.74, 6) is 0.559. The molecular formula is C20H19N7O2. The van der Waals surface area contributed by atoms with Crippen molar-refractivity contribution in [3.63, 3.8) is 0 Å². The molecule has 1 fully saturated rings. The average molecular weight is 389 g/mol. The Hall–Kier alpha value is -3.72. The first-order valence-corrected chi connectivity index (χ1v) is 9.40. The van der Waals surface area contributed by atoms with Crippen LogP contribution in [0.1, 0.15) is 10.6 Å². The molecule has 1 amide bonds. The molecule has 146 valence electrons.